The Morgan fingerprint density at radius 1 is 1.18 bits per heavy atom. The van der Waals surface area contributed by atoms with E-state index in [4.69, 9.17) is 9.16 Å². The van der Waals surface area contributed by atoms with Gasteiger partial charge in [0.1, 0.15) is 11.4 Å². The van der Waals surface area contributed by atoms with Crippen LogP contribution in [0.15, 0.2) is 35.9 Å². The number of Topliss-reactive ketones (excluding diaryl/α,β-unsaturated/α-hetero) is 1. The van der Waals surface area contributed by atoms with Crippen LogP contribution in [0, 0.1) is 0 Å². The highest BCUT2D eigenvalue weighted by Gasteiger charge is 2.42. The summed E-state index contributed by atoms with van der Waals surface area (Å²) in [6.45, 7) is 8.48. The zero-order chi connectivity index (χ0) is 16.4. The molecule has 1 unspecified atom stereocenters. The summed E-state index contributed by atoms with van der Waals surface area (Å²) in [5.74, 6) is 0.823. The summed E-state index contributed by atoms with van der Waals surface area (Å²) >= 11 is 0. The number of methoxy groups -OCH3 is 1. The molecule has 1 aliphatic carbocycles. The molecule has 0 bridgehead atoms. The third-order valence-electron chi connectivity index (χ3n) is 3.82. The Labute approximate surface area is 134 Å². The molecule has 1 aliphatic rings. The van der Waals surface area contributed by atoms with Crippen LogP contribution in [0.25, 0.3) is 0 Å². The smallest absolute Gasteiger partial charge is 0.197 e. The molecule has 0 aliphatic heterocycles. The first-order valence-electron chi connectivity index (χ1n) is 7.83. The molecule has 120 valence electrons. The van der Waals surface area contributed by atoms with Gasteiger partial charge in [0.05, 0.1) is 7.11 Å². The fourth-order valence-electron chi connectivity index (χ4n) is 3.01. The second kappa shape index (κ2) is 6.38. The lowest BCUT2D eigenvalue weighted by Gasteiger charge is -2.38. The Kier molecular flexibility index (Phi) is 4.92. The highest BCUT2D eigenvalue weighted by atomic mass is 28.4. The molecule has 0 heterocycles. The van der Waals surface area contributed by atoms with E-state index in [1.54, 1.807) is 7.11 Å². The molecule has 0 saturated carbocycles. The molecule has 2 rings (SSSR count). The first-order chi connectivity index (χ1) is 10.3. The molecular formula is C18H26O3Si. The van der Waals surface area contributed by atoms with Crippen LogP contribution in [0.4, 0.5) is 0 Å². The summed E-state index contributed by atoms with van der Waals surface area (Å²) in [4.78, 5) is 13.2. The fraction of sp³-hybridized carbons (Fsp3) is 0.500. The molecule has 0 aromatic heterocycles. The molecule has 0 fully saturated rings. The van der Waals surface area contributed by atoms with Crippen LogP contribution in [0.1, 0.15) is 36.5 Å². The van der Waals surface area contributed by atoms with E-state index in [0.29, 0.717) is 5.56 Å². The van der Waals surface area contributed by atoms with E-state index in [9.17, 15) is 4.79 Å². The van der Waals surface area contributed by atoms with E-state index >= 15 is 0 Å². The van der Waals surface area contributed by atoms with Crippen molar-refractivity contribution in [3.05, 3.63) is 41.5 Å². The average Bonchev–Trinajstić information content (AvgIpc) is 2.45. The third-order valence-corrected chi connectivity index (χ3v) is 4.80. The molecular weight excluding hydrogens is 292 g/mol. The van der Waals surface area contributed by atoms with Gasteiger partial charge in [-0.05, 0) is 76.2 Å². The number of ether oxygens (including phenoxy) is 1. The number of ketones is 1. The maximum absolute atomic E-state index is 13.2. The van der Waals surface area contributed by atoms with E-state index in [2.05, 4.69) is 32.6 Å². The Morgan fingerprint density at radius 3 is 2.32 bits per heavy atom. The monoisotopic (exact) mass is 318 g/mol. The summed E-state index contributed by atoms with van der Waals surface area (Å²) in [6.07, 6.45) is 4.86. The van der Waals surface area contributed by atoms with Gasteiger partial charge in [-0.3, -0.25) is 4.79 Å². The molecule has 0 N–H and O–H groups in total. The molecule has 0 spiro atoms. The van der Waals surface area contributed by atoms with Crippen LogP contribution in [-0.2, 0) is 4.43 Å². The Balaban J connectivity index is 2.39. The van der Waals surface area contributed by atoms with Crippen LogP contribution in [0.3, 0.4) is 0 Å². The third kappa shape index (κ3) is 3.87. The number of hydrogen-bond donors (Lipinski definition) is 0. The van der Waals surface area contributed by atoms with Crippen molar-refractivity contribution in [1.29, 1.82) is 0 Å². The van der Waals surface area contributed by atoms with E-state index in [-0.39, 0.29) is 5.78 Å². The van der Waals surface area contributed by atoms with Gasteiger partial charge in [-0.15, -0.1) is 0 Å². The van der Waals surface area contributed by atoms with Crippen molar-refractivity contribution in [2.24, 2.45) is 0 Å². The average molecular weight is 318 g/mol. The molecule has 1 aromatic carbocycles. The SMILES string of the molecule is COc1ccc(C(=O)C2(O[Si](C)(C)C)C=C(C)CCC2)cc1. The van der Waals surface area contributed by atoms with Crippen molar-refractivity contribution in [3.63, 3.8) is 0 Å². The second-order valence-electron chi connectivity index (χ2n) is 7.01. The van der Waals surface area contributed by atoms with Crippen LogP contribution in [0.5, 0.6) is 5.75 Å². The van der Waals surface area contributed by atoms with Gasteiger partial charge in [0.2, 0.25) is 0 Å². The number of benzene rings is 1. The van der Waals surface area contributed by atoms with Gasteiger partial charge in [0, 0.05) is 5.56 Å². The minimum atomic E-state index is -1.85. The number of carbonyl (C=O) groups is 1. The summed E-state index contributed by atoms with van der Waals surface area (Å²) in [5, 5.41) is 0. The van der Waals surface area contributed by atoms with Gasteiger partial charge in [-0.2, -0.15) is 0 Å². The first-order valence-corrected chi connectivity index (χ1v) is 11.2. The van der Waals surface area contributed by atoms with Crippen LogP contribution >= 0.6 is 0 Å². The Hall–Kier alpha value is -1.39. The molecule has 1 aromatic rings. The van der Waals surface area contributed by atoms with E-state index in [0.717, 1.165) is 25.0 Å². The Bertz CT molecular complexity index is 569. The normalized spacial score (nSPS) is 22.1. The van der Waals surface area contributed by atoms with Gasteiger partial charge in [0.15, 0.2) is 14.1 Å². The standard InChI is InChI=1S/C18H26O3Si/c1-14-7-6-12-18(13-14,21-22(3,4)5)17(19)15-8-10-16(20-2)11-9-15/h8-11,13H,6-7,12H2,1-5H3. The maximum Gasteiger partial charge on any atom is 0.197 e. The highest BCUT2D eigenvalue weighted by Crippen LogP contribution is 2.35. The van der Waals surface area contributed by atoms with Crippen molar-refractivity contribution < 1.29 is 14.0 Å². The first kappa shape index (κ1) is 17.0. The lowest BCUT2D eigenvalue weighted by atomic mass is 9.82. The quantitative estimate of drug-likeness (QED) is 0.452. The Morgan fingerprint density at radius 2 is 1.82 bits per heavy atom. The number of hydrogen-bond acceptors (Lipinski definition) is 3. The predicted octanol–water partition coefficient (Wildman–Crippen LogP) is 4.60. The van der Waals surface area contributed by atoms with Crippen molar-refractivity contribution in [2.75, 3.05) is 7.11 Å². The van der Waals surface area contributed by atoms with Crippen molar-refractivity contribution in [3.8, 4) is 5.75 Å². The molecule has 1 atom stereocenters. The topological polar surface area (TPSA) is 35.5 Å². The molecule has 0 radical (unpaired) electrons. The summed E-state index contributed by atoms with van der Waals surface area (Å²) in [5.41, 5.74) is 1.14. The number of rotatable bonds is 5. The van der Waals surface area contributed by atoms with Crippen LogP contribution in [0.2, 0.25) is 19.6 Å². The lowest BCUT2D eigenvalue weighted by Crippen LogP contribution is -2.48. The fourth-order valence-corrected chi connectivity index (χ4v) is 4.36. The lowest BCUT2D eigenvalue weighted by molar-refractivity contribution is 0.0537. The second-order valence-corrected chi connectivity index (χ2v) is 11.4. The largest absolute Gasteiger partial charge is 0.497 e. The molecule has 0 saturated heterocycles. The van der Waals surface area contributed by atoms with Gasteiger partial charge in [-0.25, -0.2) is 0 Å². The summed E-state index contributed by atoms with van der Waals surface area (Å²) in [6, 6.07) is 7.31. The summed E-state index contributed by atoms with van der Waals surface area (Å²) in [7, 11) is -0.225. The van der Waals surface area contributed by atoms with E-state index in [1.807, 2.05) is 24.3 Å². The van der Waals surface area contributed by atoms with Gasteiger partial charge in [-0.1, -0.05) is 5.57 Å². The van der Waals surface area contributed by atoms with Crippen molar-refractivity contribution in [1.82, 2.24) is 0 Å². The minimum absolute atomic E-state index is 0.0663. The van der Waals surface area contributed by atoms with Gasteiger partial charge >= 0.3 is 0 Å². The zero-order valence-corrected chi connectivity index (χ0v) is 15.2. The van der Waals surface area contributed by atoms with Crippen molar-refractivity contribution in [2.45, 2.75) is 51.4 Å². The molecule has 22 heavy (non-hydrogen) atoms. The summed E-state index contributed by atoms with van der Waals surface area (Å²) < 4.78 is 11.6. The van der Waals surface area contributed by atoms with Crippen molar-refractivity contribution >= 4 is 14.1 Å². The van der Waals surface area contributed by atoms with E-state index in [1.165, 1.54) is 5.57 Å². The van der Waals surface area contributed by atoms with Crippen LogP contribution in [-0.4, -0.2) is 26.8 Å². The minimum Gasteiger partial charge on any atom is -0.497 e. The number of allylic oxidation sites excluding steroid dienone is 1. The maximum atomic E-state index is 13.2. The molecule has 3 nitrogen and oxygen atoms in total. The van der Waals surface area contributed by atoms with E-state index < -0.39 is 13.9 Å². The number of carbonyl (C=O) groups excluding carboxylic acids is 1. The van der Waals surface area contributed by atoms with Crippen LogP contribution < -0.4 is 4.74 Å². The highest BCUT2D eigenvalue weighted by molar-refractivity contribution is 6.70. The molecule has 4 heteroatoms. The zero-order valence-electron chi connectivity index (χ0n) is 14.2. The molecule has 0 amide bonds. The predicted molar refractivity (Wildman–Crippen MR) is 92.1 cm³/mol. The van der Waals surface area contributed by atoms with Gasteiger partial charge < -0.3 is 9.16 Å². The van der Waals surface area contributed by atoms with Gasteiger partial charge in [0.25, 0.3) is 0 Å².